The summed E-state index contributed by atoms with van der Waals surface area (Å²) in [6, 6.07) is 6.32. The highest BCUT2D eigenvalue weighted by Crippen LogP contribution is 2.48. The quantitative estimate of drug-likeness (QED) is 0.179. The molecule has 0 unspecified atom stereocenters. The number of nitrogens with zero attached hydrogens (tertiary/aromatic N) is 1. The van der Waals surface area contributed by atoms with Crippen LogP contribution in [0.1, 0.15) is 43.7 Å². The number of rotatable bonds is 13. The maximum Gasteiger partial charge on any atom is 0.191 e. The summed E-state index contributed by atoms with van der Waals surface area (Å²) in [6.45, 7) is 8.73. The number of aryl methyl sites for hydroxylation is 1. The molecule has 1 aliphatic carbocycles. The predicted octanol–water partition coefficient (Wildman–Crippen LogP) is 3.90. The minimum atomic E-state index is 0. The average Bonchev–Trinajstić information content (AvgIpc) is 3.47. The fourth-order valence-electron chi connectivity index (χ4n) is 3.12. The van der Waals surface area contributed by atoms with Gasteiger partial charge in [0.25, 0.3) is 0 Å². The molecule has 0 saturated heterocycles. The van der Waals surface area contributed by atoms with E-state index in [1.807, 2.05) is 14.0 Å². The lowest BCUT2D eigenvalue weighted by Gasteiger charge is -2.19. The van der Waals surface area contributed by atoms with Crippen LogP contribution in [0.3, 0.4) is 0 Å². The Kier molecular flexibility index (Phi) is 12.6. The molecule has 166 valence electrons. The molecule has 0 aromatic heterocycles. The Bertz CT molecular complexity index is 621. The first-order valence-corrected chi connectivity index (χ1v) is 10.4. The van der Waals surface area contributed by atoms with Crippen molar-refractivity contribution >= 4 is 29.9 Å². The largest absolute Gasteiger partial charge is 0.493 e. The van der Waals surface area contributed by atoms with Gasteiger partial charge >= 0.3 is 0 Å². The van der Waals surface area contributed by atoms with E-state index in [2.05, 4.69) is 40.7 Å². The second-order valence-electron chi connectivity index (χ2n) is 7.53. The number of benzene rings is 1. The van der Waals surface area contributed by atoms with Gasteiger partial charge in [0, 0.05) is 59.1 Å². The number of aliphatic imine (C=N–C) groups is 1. The maximum atomic E-state index is 5.97. The standard InChI is InChI=1S/C22H37N3O3.HI/c1-5-27-14-11-22(9-10-22)17-25-21(23-3)24-16-19-8-7-18(2)15-20(19)28-13-6-12-26-4;/h7-8,15H,5-6,9-14,16-17H2,1-4H3,(H2,23,24,25);1H. The van der Waals surface area contributed by atoms with Crippen molar-refractivity contribution in [1.82, 2.24) is 10.6 Å². The summed E-state index contributed by atoms with van der Waals surface area (Å²) in [7, 11) is 3.52. The number of methoxy groups -OCH3 is 1. The van der Waals surface area contributed by atoms with Crippen molar-refractivity contribution in [2.45, 2.75) is 46.1 Å². The van der Waals surface area contributed by atoms with Crippen molar-refractivity contribution in [2.24, 2.45) is 10.4 Å². The van der Waals surface area contributed by atoms with Crippen LogP contribution in [-0.4, -0.2) is 53.1 Å². The molecule has 1 aliphatic rings. The lowest BCUT2D eigenvalue weighted by atomic mass is 10.0. The molecule has 1 aromatic rings. The van der Waals surface area contributed by atoms with E-state index in [0.29, 0.717) is 25.2 Å². The molecule has 2 rings (SSSR count). The van der Waals surface area contributed by atoms with E-state index in [9.17, 15) is 0 Å². The Labute approximate surface area is 193 Å². The number of ether oxygens (including phenoxy) is 3. The van der Waals surface area contributed by atoms with Gasteiger partial charge in [0.1, 0.15) is 5.75 Å². The van der Waals surface area contributed by atoms with E-state index in [0.717, 1.165) is 49.9 Å². The molecule has 0 spiro atoms. The number of hydrogen-bond acceptors (Lipinski definition) is 4. The van der Waals surface area contributed by atoms with Crippen LogP contribution < -0.4 is 15.4 Å². The fourth-order valence-corrected chi connectivity index (χ4v) is 3.12. The van der Waals surface area contributed by atoms with Crippen LogP contribution in [0.5, 0.6) is 5.75 Å². The van der Waals surface area contributed by atoms with E-state index < -0.39 is 0 Å². The lowest BCUT2D eigenvalue weighted by molar-refractivity contribution is 0.128. The number of nitrogens with one attached hydrogen (secondary N) is 2. The Balaban J connectivity index is 0.00000420. The predicted molar refractivity (Wildman–Crippen MR) is 130 cm³/mol. The van der Waals surface area contributed by atoms with Gasteiger partial charge in [0.05, 0.1) is 6.61 Å². The van der Waals surface area contributed by atoms with Crippen molar-refractivity contribution in [3.05, 3.63) is 29.3 Å². The number of halogens is 1. The normalized spacial score (nSPS) is 14.8. The summed E-state index contributed by atoms with van der Waals surface area (Å²) in [4.78, 5) is 4.37. The zero-order valence-corrected chi connectivity index (χ0v) is 20.7. The van der Waals surface area contributed by atoms with E-state index in [4.69, 9.17) is 14.2 Å². The molecule has 0 atom stereocenters. The van der Waals surface area contributed by atoms with Crippen molar-refractivity contribution in [3.63, 3.8) is 0 Å². The molecule has 0 bridgehead atoms. The Hall–Kier alpha value is -1.06. The molecule has 1 fully saturated rings. The van der Waals surface area contributed by atoms with E-state index in [1.54, 1.807) is 7.11 Å². The van der Waals surface area contributed by atoms with Crippen LogP contribution in [0.4, 0.5) is 0 Å². The van der Waals surface area contributed by atoms with Crippen LogP contribution in [0.15, 0.2) is 23.2 Å². The van der Waals surface area contributed by atoms with Crippen LogP contribution in [-0.2, 0) is 16.0 Å². The smallest absolute Gasteiger partial charge is 0.191 e. The summed E-state index contributed by atoms with van der Waals surface area (Å²) in [5, 5.41) is 6.90. The lowest BCUT2D eigenvalue weighted by Crippen LogP contribution is -2.40. The summed E-state index contributed by atoms with van der Waals surface area (Å²) in [5.74, 6) is 1.75. The second-order valence-corrected chi connectivity index (χ2v) is 7.53. The molecular weight excluding hydrogens is 481 g/mol. The molecule has 1 aromatic carbocycles. The highest BCUT2D eigenvalue weighted by Gasteiger charge is 2.41. The van der Waals surface area contributed by atoms with Gasteiger partial charge in [-0.2, -0.15) is 0 Å². The van der Waals surface area contributed by atoms with Gasteiger partial charge in [-0.05, 0) is 50.2 Å². The Morgan fingerprint density at radius 2 is 1.97 bits per heavy atom. The minimum absolute atomic E-state index is 0. The molecule has 1 saturated carbocycles. The topological polar surface area (TPSA) is 64.1 Å². The second kappa shape index (κ2) is 14.0. The third kappa shape index (κ3) is 9.53. The highest BCUT2D eigenvalue weighted by molar-refractivity contribution is 14.0. The van der Waals surface area contributed by atoms with Gasteiger partial charge < -0.3 is 24.8 Å². The molecule has 0 amide bonds. The van der Waals surface area contributed by atoms with Crippen LogP contribution >= 0.6 is 24.0 Å². The van der Waals surface area contributed by atoms with Gasteiger partial charge in [-0.15, -0.1) is 24.0 Å². The van der Waals surface area contributed by atoms with Crippen molar-refractivity contribution in [3.8, 4) is 5.75 Å². The third-order valence-electron chi connectivity index (χ3n) is 5.21. The Morgan fingerprint density at radius 3 is 2.62 bits per heavy atom. The molecule has 0 aliphatic heterocycles. The van der Waals surface area contributed by atoms with Crippen molar-refractivity contribution in [2.75, 3.05) is 47.1 Å². The van der Waals surface area contributed by atoms with Crippen LogP contribution in [0, 0.1) is 12.3 Å². The van der Waals surface area contributed by atoms with E-state index in [1.165, 1.54) is 18.4 Å². The summed E-state index contributed by atoms with van der Waals surface area (Å²) in [6.07, 6.45) is 4.52. The van der Waals surface area contributed by atoms with Gasteiger partial charge in [-0.1, -0.05) is 12.1 Å². The van der Waals surface area contributed by atoms with Gasteiger partial charge in [-0.3, -0.25) is 4.99 Å². The number of guanidine groups is 1. The summed E-state index contributed by atoms with van der Waals surface area (Å²) in [5.41, 5.74) is 2.70. The fraction of sp³-hybridized carbons (Fsp3) is 0.682. The minimum Gasteiger partial charge on any atom is -0.493 e. The average molecular weight is 519 g/mol. The molecule has 29 heavy (non-hydrogen) atoms. The molecule has 2 N–H and O–H groups in total. The first-order chi connectivity index (χ1) is 13.6. The molecule has 7 heteroatoms. The van der Waals surface area contributed by atoms with Gasteiger partial charge in [0.15, 0.2) is 5.96 Å². The SMILES string of the molecule is CCOCCC1(CNC(=NC)NCc2ccc(C)cc2OCCCOC)CC1.I. The molecule has 6 nitrogen and oxygen atoms in total. The summed E-state index contributed by atoms with van der Waals surface area (Å²) >= 11 is 0. The molecule has 0 heterocycles. The van der Waals surface area contributed by atoms with Crippen LogP contribution in [0.25, 0.3) is 0 Å². The zero-order valence-electron chi connectivity index (χ0n) is 18.4. The van der Waals surface area contributed by atoms with Gasteiger partial charge in [-0.25, -0.2) is 0 Å². The third-order valence-corrected chi connectivity index (χ3v) is 5.21. The first-order valence-electron chi connectivity index (χ1n) is 10.4. The maximum absolute atomic E-state index is 5.97. The number of hydrogen-bond donors (Lipinski definition) is 2. The Morgan fingerprint density at radius 1 is 1.17 bits per heavy atom. The van der Waals surface area contributed by atoms with Crippen LogP contribution in [0.2, 0.25) is 0 Å². The zero-order chi connectivity index (χ0) is 20.2. The van der Waals surface area contributed by atoms with E-state index in [-0.39, 0.29) is 24.0 Å². The monoisotopic (exact) mass is 519 g/mol. The molecular formula is C22H38IN3O3. The van der Waals surface area contributed by atoms with E-state index >= 15 is 0 Å². The van der Waals surface area contributed by atoms with Crippen molar-refractivity contribution in [1.29, 1.82) is 0 Å². The first kappa shape index (κ1) is 26.0. The molecule has 0 radical (unpaired) electrons. The van der Waals surface area contributed by atoms with Crippen molar-refractivity contribution < 1.29 is 14.2 Å². The summed E-state index contributed by atoms with van der Waals surface area (Å²) < 4.78 is 16.6. The van der Waals surface area contributed by atoms with Gasteiger partial charge in [0.2, 0.25) is 0 Å². The highest BCUT2D eigenvalue weighted by atomic mass is 127.